The van der Waals surface area contributed by atoms with E-state index in [1.54, 1.807) is 0 Å². The second kappa shape index (κ2) is 6.02. The number of nitrogens with one attached hydrogen (secondary N) is 1. The van der Waals surface area contributed by atoms with E-state index >= 15 is 0 Å². The highest BCUT2D eigenvalue weighted by atomic mass is 16.5. The summed E-state index contributed by atoms with van der Waals surface area (Å²) in [7, 11) is 0. The third kappa shape index (κ3) is 2.88. The Hall–Kier alpha value is -1.62. The molecule has 0 spiro atoms. The van der Waals surface area contributed by atoms with Crippen LogP contribution in [0.1, 0.15) is 43.0 Å². The Morgan fingerprint density at radius 1 is 1.48 bits per heavy atom. The van der Waals surface area contributed by atoms with Crippen molar-refractivity contribution in [2.45, 2.75) is 45.1 Å². The highest BCUT2D eigenvalue weighted by Crippen LogP contribution is 2.28. The van der Waals surface area contributed by atoms with Gasteiger partial charge in [0.15, 0.2) is 0 Å². The first-order valence-corrected chi connectivity index (χ1v) is 7.92. The van der Waals surface area contributed by atoms with Crippen molar-refractivity contribution in [3.63, 3.8) is 0 Å². The molecule has 1 aliphatic carbocycles. The number of aromatic nitrogens is 1. The van der Waals surface area contributed by atoms with Gasteiger partial charge in [-0.2, -0.15) is 0 Å². The largest absolute Gasteiger partial charge is 0.384 e. The number of likely N-dealkylation sites (N-methyl/N-ethyl adjacent to an activating group) is 1. The fraction of sp³-hybridized carbons (Fsp3) is 0.625. The zero-order valence-electron chi connectivity index (χ0n) is 12.7. The highest BCUT2D eigenvalue weighted by molar-refractivity contribution is 6.00. The summed E-state index contributed by atoms with van der Waals surface area (Å²) in [6.07, 6.45) is 5.77. The summed E-state index contributed by atoms with van der Waals surface area (Å²) < 4.78 is 5.75. The number of nitrogens with two attached hydrogens (primary N) is 1. The van der Waals surface area contributed by atoms with Gasteiger partial charge in [-0.05, 0) is 50.7 Å². The first-order valence-electron chi connectivity index (χ1n) is 7.92. The lowest BCUT2D eigenvalue weighted by atomic mass is 10.1. The molecule has 1 atom stereocenters. The summed E-state index contributed by atoms with van der Waals surface area (Å²) in [5.41, 5.74) is 9.01. The van der Waals surface area contributed by atoms with E-state index in [2.05, 4.69) is 17.9 Å². The number of anilines is 1. The Labute approximate surface area is 126 Å². The lowest BCUT2D eigenvalue weighted by Crippen LogP contribution is -2.34. The Balaban J connectivity index is 1.92. The van der Waals surface area contributed by atoms with Crippen LogP contribution >= 0.6 is 0 Å². The molecule has 1 aromatic heterocycles. The molecule has 1 unspecified atom stereocenters. The predicted octanol–water partition coefficient (Wildman–Crippen LogP) is 1.86. The number of aryl methyl sites for hydroxylation is 2. The van der Waals surface area contributed by atoms with Crippen LogP contribution in [0.4, 0.5) is 5.82 Å². The van der Waals surface area contributed by atoms with Crippen LogP contribution in [0.15, 0.2) is 6.07 Å². The SMILES string of the molecule is CCN(CC1CCCO1)c1nc2c(cc1C(=N)N)CCC2. The zero-order chi connectivity index (χ0) is 14.8. The van der Waals surface area contributed by atoms with E-state index < -0.39 is 0 Å². The van der Waals surface area contributed by atoms with Gasteiger partial charge in [-0.3, -0.25) is 5.41 Å². The molecule has 1 fully saturated rings. The molecule has 1 aromatic rings. The molecule has 0 aromatic carbocycles. The van der Waals surface area contributed by atoms with Crippen molar-refractivity contribution in [1.29, 1.82) is 5.41 Å². The van der Waals surface area contributed by atoms with Crippen molar-refractivity contribution >= 4 is 11.7 Å². The summed E-state index contributed by atoms with van der Waals surface area (Å²) in [6, 6.07) is 2.07. The molecule has 0 bridgehead atoms. The minimum absolute atomic E-state index is 0.109. The van der Waals surface area contributed by atoms with Gasteiger partial charge in [0.2, 0.25) is 0 Å². The standard InChI is InChI=1S/C16H24N4O/c1-2-20(10-12-6-4-8-21-12)16-13(15(17)18)9-11-5-3-7-14(11)19-16/h9,12H,2-8,10H2,1H3,(H3,17,18). The molecular formula is C16H24N4O. The summed E-state index contributed by atoms with van der Waals surface area (Å²) in [6.45, 7) is 4.67. The van der Waals surface area contributed by atoms with E-state index in [9.17, 15) is 0 Å². The number of hydrogen-bond acceptors (Lipinski definition) is 4. The van der Waals surface area contributed by atoms with Crippen molar-refractivity contribution in [3.05, 3.63) is 22.9 Å². The molecule has 3 N–H and O–H groups in total. The number of fused-ring (bicyclic) bond motifs is 1. The Morgan fingerprint density at radius 3 is 3.00 bits per heavy atom. The van der Waals surface area contributed by atoms with Crippen molar-refractivity contribution in [1.82, 2.24) is 4.98 Å². The smallest absolute Gasteiger partial charge is 0.139 e. The normalized spacial score (nSPS) is 20.5. The quantitative estimate of drug-likeness (QED) is 0.640. The van der Waals surface area contributed by atoms with Gasteiger partial charge in [-0.15, -0.1) is 0 Å². The van der Waals surface area contributed by atoms with Crippen LogP contribution in [-0.2, 0) is 17.6 Å². The van der Waals surface area contributed by atoms with Gasteiger partial charge in [0, 0.05) is 25.4 Å². The molecule has 2 heterocycles. The molecule has 0 amide bonds. The van der Waals surface area contributed by atoms with Gasteiger partial charge >= 0.3 is 0 Å². The van der Waals surface area contributed by atoms with Crippen LogP contribution in [0.5, 0.6) is 0 Å². The third-order valence-corrected chi connectivity index (χ3v) is 4.45. The molecule has 21 heavy (non-hydrogen) atoms. The number of ether oxygens (including phenoxy) is 1. The van der Waals surface area contributed by atoms with E-state index in [4.69, 9.17) is 20.9 Å². The average Bonchev–Trinajstić information content (AvgIpc) is 3.14. The van der Waals surface area contributed by atoms with E-state index in [1.165, 1.54) is 11.3 Å². The topological polar surface area (TPSA) is 75.2 Å². The summed E-state index contributed by atoms with van der Waals surface area (Å²) in [5, 5.41) is 7.87. The molecule has 1 aliphatic heterocycles. The lowest BCUT2D eigenvalue weighted by molar-refractivity contribution is 0.115. The van der Waals surface area contributed by atoms with Crippen LogP contribution in [0.25, 0.3) is 0 Å². The number of nitrogens with zero attached hydrogens (tertiary/aromatic N) is 2. The van der Waals surface area contributed by atoms with Crippen molar-refractivity contribution in [2.75, 3.05) is 24.6 Å². The summed E-state index contributed by atoms with van der Waals surface area (Å²) in [4.78, 5) is 7.05. The average molecular weight is 288 g/mol. The minimum atomic E-state index is 0.109. The number of hydrogen-bond donors (Lipinski definition) is 2. The molecule has 0 radical (unpaired) electrons. The Kier molecular flexibility index (Phi) is 4.10. The van der Waals surface area contributed by atoms with Crippen molar-refractivity contribution in [2.24, 2.45) is 5.73 Å². The zero-order valence-corrected chi connectivity index (χ0v) is 12.7. The van der Waals surface area contributed by atoms with E-state index in [1.807, 2.05) is 0 Å². The van der Waals surface area contributed by atoms with Gasteiger partial charge in [0.1, 0.15) is 11.7 Å². The summed E-state index contributed by atoms with van der Waals surface area (Å²) in [5.74, 6) is 0.971. The van der Waals surface area contributed by atoms with Crippen molar-refractivity contribution < 1.29 is 4.74 Å². The number of amidine groups is 1. The molecule has 114 valence electrons. The minimum Gasteiger partial charge on any atom is -0.384 e. The lowest BCUT2D eigenvalue weighted by Gasteiger charge is -2.27. The monoisotopic (exact) mass is 288 g/mol. The molecular weight excluding hydrogens is 264 g/mol. The Morgan fingerprint density at radius 2 is 2.33 bits per heavy atom. The fourth-order valence-corrected chi connectivity index (χ4v) is 3.30. The van der Waals surface area contributed by atoms with Gasteiger partial charge in [0.05, 0.1) is 11.7 Å². The predicted molar refractivity (Wildman–Crippen MR) is 84.1 cm³/mol. The Bertz CT molecular complexity index is 537. The van der Waals surface area contributed by atoms with Gasteiger partial charge in [-0.1, -0.05) is 0 Å². The number of rotatable bonds is 5. The maximum atomic E-state index is 7.87. The fourth-order valence-electron chi connectivity index (χ4n) is 3.30. The molecule has 5 nitrogen and oxygen atoms in total. The van der Waals surface area contributed by atoms with Gasteiger partial charge < -0.3 is 15.4 Å². The van der Waals surface area contributed by atoms with E-state index in [-0.39, 0.29) is 11.9 Å². The van der Waals surface area contributed by atoms with Gasteiger partial charge in [-0.25, -0.2) is 4.98 Å². The first-order chi connectivity index (χ1) is 10.2. The summed E-state index contributed by atoms with van der Waals surface area (Å²) >= 11 is 0. The van der Waals surface area contributed by atoms with Crippen LogP contribution in [0, 0.1) is 5.41 Å². The van der Waals surface area contributed by atoms with Gasteiger partial charge in [0.25, 0.3) is 0 Å². The van der Waals surface area contributed by atoms with Crippen LogP contribution in [0.3, 0.4) is 0 Å². The van der Waals surface area contributed by atoms with Crippen LogP contribution < -0.4 is 10.6 Å². The van der Waals surface area contributed by atoms with Crippen LogP contribution in [-0.4, -0.2) is 36.6 Å². The third-order valence-electron chi connectivity index (χ3n) is 4.45. The van der Waals surface area contributed by atoms with E-state index in [0.717, 1.165) is 63.2 Å². The second-order valence-corrected chi connectivity index (χ2v) is 5.91. The molecule has 2 aliphatic rings. The highest BCUT2D eigenvalue weighted by Gasteiger charge is 2.24. The van der Waals surface area contributed by atoms with Crippen molar-refractivity contribution in [3.8, 4) is 0 Å². The second-order valence-electron chi connectivity index (χ2n) is 5.91. The van der Waals surface area contributed by atoms with Crippen LogP contribution in [0.2, 0.25) is 0 Å². The molecule has 0 saturated carbocycles. The first kappa shape index (κ1) is 14.3. The molecule has 1 saturated heterocycles. The number of pyridine rings is 1. The molecule has 5 heteroatoms. The van der Waals surface area contributed by atoms with E-state index in [0.29, 0.717) is 0 Å². The molecule has 3 rings (SSSR count). The number of nitrogen functional groups attached to an aromatic ring is 1. The maximum absolute atomic E-state index is 7.87. The maximum Gasteiger partial charge on any atom is 0.139 e.